The molecule has 6 heteroatoms. The third-order valence-electron chi connectivity index (χ3n) is 12.0. The van der Waals surface area contributed by atoms with Crippen LogP contribution in [0.4, 0.5) is 0 Å². The van der Waals surface area contributed by atoms with Gasteiger partial charge in [-0.3, -0.25) is 14.4 Å². The lowest BCUT2D eigenvalue weighted by Crippen LogP contribution is -2.30. The Kier molecular flexibility index (Phi) is 52.9. The average Bonchev–Trinajstić information content (AvgIpc) is 3.34. The van der Waals surface area contributed by atoms with Gasteiger partial charge in [-0.1, -0.05) is 246 Å². The Morgan fingerprint density at radius 3 is 0.956 bits per heavy atom. The molecule has 0 saturated carbocycles. The lowest BCUT2D eigenvalue weighted by molar-refractivity contribution is -0.167. The van der Waals surface area contributed by atoms with Crippen molar-refractivity contribution in [3.63, 3.8) is 0 Å². The highest BCUT2D eigenvalue weighted by molar-refractivity contribution is 5.71. The van der Waals surface area contributed by atoms with Crippen molar-refractivity contribution in [3.05, 3.63) is 97.2 Å². The minimum atomic E-state index is -0.810. The van der Waals surface area contributed by atoms with Gasteiger partial charge in [-0.05, 0) is 89.9 Å². The molecule has 0 radical (unpaired) electrons. The Morgan fingerprint density at radius 1 is 0.309 bits per heavy atom. The van der Waals surface area contributed by atoms with Crippen LogP contribution in [0.5, 0.6) is 0 Å². The van der Waals surface area contributed by atoms with Crippen molar-refractivity contribution < 1.29 is 28.6 Å². The van der Waals surface area contributed by atoms with Gasteiger partial charge in [-0.2, -0.15) is 0 Å². The fourth-order valence-electron chi connectivity index (χ4n) is 7.70. The third-order valence-corrected chi connectivity index (χ3v) is 12.0. The smallest absolute Gasteiger partial charge is 0.306 e. The predicted octanol–water partition coefficient (Wildman–Crippen LogP) is 18.9. The summed E-state index contributed by atoms with van der Waals surface area (Å²) in [5.41, 5.74) is 0. The maximum absolute atomic E-state index is 12.8. The normalized spacial score (nSPS) is 12.8. The molecule has 0 N–H and O–H groups in total. The van der Waals surface area contributed by atoms with E-state index in [1.54, 1.807) is 0 Å². The molecule has 0 aromatic rings. The second kappa shape index (κ2) is 55.9. The molecule has 0 saturated heterocycles. The zero-order valence-corrected chi connectivity index (χ0v) is 44.3. The van der Waals surface area contributed by atoms with Crippen LogP contribution in [0.2, 0.25) is 0 Å². The number of carbonyl (C=O) groups excluding carboxylic acids is 3. The summed E-state index contributed by atoms with van der Waals surface area (Å²) >= 11 is 0. The van der Waals surface area contributed by atoms with E-state index >= 15 is 0 Å². The zero-order chi connectivity index (χ0) is 49.3. The molecular formula is C62H104O6. The van der Waals surface area contributed by atoms with Crippen LogP contribution in [-0.2, 0) is 28.6 Å². The molecule has 0 aliphatic rings. The minimum Gasteiger partial charge on any atom is -0.462 e. The van der Waals surface area contributed by atoms with E-state index in [4.69, 9.17) is 14.2 Å². The predicted molar refractivity (Wildman–Crippen MR) is 293 cm³/mol. The van der Waals surface area contributed by atoms with E-state index in [9.17, 15) is 14.4 Å². The number of esters is 3. The summed E-state index contributed by atoms with van der Waals surface area (Å²) in [6.07, 6.45) is 73.9. The molecule has 388 valence electrons. The Hall–Kier alpha value is -3.67. The molecule has 68 heavy (non-hydrogen) atoms. The summed E-state index contributed by atoms with van der Waals surface area (Å²) < 4.78 is 16.8. The summed E-state index contributed by atoms with van der Waals surface area (Å²) in [6.45, 7) is 6.44. The molecule has 0 amide bonds. The first-order valence-corrected chi connectivity index (χ1v) is 28.3. The molecule has 6 nitrogen and oxygen atoms in total. The largest absolute Gasteiger partial charge is 0.462 e. The van der Waals surface area contributed by atoms with Crippen LogP contribution in [0.15, 0.2) is 97.2 Å². The van der Waals surface area contributed by atoms with Crippen molar-refractivity contribution in [1.29, 1.82) is 0 Å². The van der Waals surface area contributed by atoms with Crippen molar-refractivity contribution in [3.8, 4) is 0 Å². The van der Waals surface area contributed by atoms with Crippen molar-refractivity contribution in [2.24, 2.45) is 0 Å². The van der Waals surface area contributed by atoms with Crippen LogP contribution in [-0.4, -0.2) is 37.2 Å². The first-order valence-electron chi connectivity index (χ1n) is 28.3. The van der Waals surface area contributed by atoms with Crippen LogP contribution >= 0.6 is 0 Å². The van der Waals surface area contributed by atoms with Gasteiger partial charge in [0.05, 0.1) is 0 Å². The van der Waals surface area contributed by atoms with Gasteiger partial charge in [-0.25, -0.2) is 0 Å². The number of carbonyl (C=O) groups is 3. The SMILES string of the molecule is CC\C=C/C=C\C=C/C=C\C=C\C=C/CCCCCC(=O)OC(COC(=O)CCCCC/C=C\CCCCCCCCC)COC(=O)CCCCCCCCC/C=C\CCCCCCCCCC. The van der Waals surface area contributed by atoms with E-state index in [-0.39, 0.29) is 37.5 Å². The van der Waals surface area contributed by atoms with Crippen molar-refractivity contribution in [2.75, 3.05) is 13.2 Å². The molecule has 0 aromatic carbocycles. The Morgan fingerprint density at radius 2 is 0.588 bits per heavy atom. The zero-order valence-electron chi connectivity index (χ0n) is 44.3. The Bertz CT molecular complexity index is 1360. The molecule has 0 aliphatic carbocycles. The summed E-state index contributed by atoms with van der Waals surface area (Å²) in [6, 6.07) is 0. The number of hydrogen-bond donors (Lipinski definition) is 0. The van der Waals surface area contributed by atoms with Gasteiger partial charge in [0.15, 0.2) is 6.10 Å². The molecule has 0 fully saturated rings. The molecule has 0 rings (SSSR count). The molecule has 0 spiro atoms. The van der Waals surface area contributed by atoms with Gasteiger partial charge in [0.25, 0.3) is 0 Å². The van der Waals surface area contributed by atoms with E-state index in [0.717, 1.165) is 77.0 Å². The number of rotatable bonds is 50. The molecular weight excluding hydrogens is 841 g/mol. The lowest BCUT2D eigenvalue weighted by atomic mass is 10.1. The van der Waals surface area contributed by atoms with Crippen LogP contribution in [0.1, 0.15) is 258 Å². The second-order valence-electron chi connectivity index (χ2n) is 18.6. The lowest BCUT2D eigenvalue weighted by Gasteiger charge is -2.18. The van der Waals surface area contributed by atoms with E-state index in [1.807, 2.05) is 60.8 Å². The van der Waals surface area contributed by atoms with Crippen LogP contribution in [0.3, 0.4) is 0 Å². The van der Waals surface area contributed by atoms with E-state index in [2.05, 4.69) is 57.2 Å². The maximum Gasteiger partial charge on any atom is 0.306 e. The van der Waals surface area contributed by atoms with E-state index in [0.29, 0.717) is 19.3 Å². The van der Waals surface area contributed by atoms with Crippen LogP contribution < -0.4 is 0 Å². The summed E-state index contributed by atoms with van der Waals surface area (Å²) in [5, 5.41) is 0. The highest BCUT2D eigenvalue weighted by atomic mass is 16.6. The maximum atomic E-state index is 12.8. The van der Waals surface area contributed by atoms with Crippen LogP contribution in [0, 0.1) is 0 Å². The highest BCUT2D eigenvalue weighted by Gasteiger charge is 2.19. The molecule has 0 aromatic heterocycles. The Labute approximate surface area is 419 Å². The number of hydrogen-bond acceptors (Lipinski definition) is 6. The van der Waals surface area contributed by atoms with Crippen molar-refractivity contribution in [2.45, 2.75) is 264 Å². The fraction of sp³-hybridized carbons (Fsp3) is 0.694. The van der Waals surface area contributed by atoms with Crippen molar-refractivity contribution >= 4 is 17.9 Å². The molecule has 0 bridgehead atoms. The number of ether oxygens (including phenoxy) is 3. The van der Waals surface area contributed by atoms with E-state index < -0.39 is 6.10 Å². The van der Waals surface area contributed by atoms with Crippen LogP contribution in [0.25, 0.3) is 0 Å². The second-order valence-corrected chi connectivity index (χ2v) is 18.6. The first kappa shape index (κ1) is 64.3. The van der Waals surface area contributed by atoms with Gasteiger partial charge in [-0.15, -0.1) is 0 Å². The number of allylic oxidation sites excluding steroid dienone is 16. The number of unbranched alkanes of at least 4 members (excludes halogenated alkanes) is 28. The average molecular weight is 946 g/mol. The fourth-order valence-corrected chi connectivity index (χ4v) is 7.70. The standard InChI is InChI=1S/C62H104O6/c1-4-7-10-13-16-19-22-25-28-30-31-33-34-37-40-43-46-49-52-55-61(64)67-58-59(57-66-60(63)54-51-48-45-42-39-36-27-24-21-18-15-12-9-6-3)68-62(65)56-53-50-47-44-41-38-35-32-29-26-23-20-17-14-11-8-5-2/h8,11,14,17,20,23,26,29-32,35-36,38-39,41,59H,4-7,9-10,12-13,15-16,18-19,21-22,24-25,27-28,33-34,37,40,42-58H2,1-3H3/b11-8-,17-14-,23-20-,29-26-,31-30-,35-32+,39-36-,41-38-. The molecule has 1 unspecified atom stereocenters. The van der Waals surface area contributed by atoms with Gasteiger partial charge < -0.3 is 14.2 Å². The van der Waals surface area contributed by atoms with E-state index in [1.165, 1.54) is 135 Å². The summed E-state index contributed by atoms with van der Waals surface area (Å²) in [7, 11) is 0. The van der Waals surface area contributed by atoms with Gasteiger partial charge in [0, 0.05) is 19.3 Å². The first-order chi connectivity index (χ1) is 33.5. The van der Waals surface area contributed by atoms with Gasteiger partial charge >= 0.3 is 17.9 Å². The minimum absolute atomic E-state index is 0.103. The molecule has 1 atom stereocenters. The topological polar surface area (TPSA) is 78.9 Å². The molecule has 0 aliphatic heterocycles. The Balaban J connectivity index is 4.48. The molecule has 0 heterocycles. The third kappa shape index (κ3) is 53.3. The highest BCUT2D eigenvalue weighted by Crippen LogP contribution is 2.14. The van der Waals surface area contributed by atoms with Crippen molar-refractivity contribution in [1.82, 2.24) is 0 Å². The van der Waals surface area contributed by atoms with Gasteiger partial charge in [0.2, 0.25) is 0 Å². The summed E-state index contributed by atoms with van der Waals surface area (Å²) in [4.78, 5) is 38.1. The quantitative estimate of drug-likeness (QED) is 0.0199. The monoisotopic (exact) mass is 945 g/mol. The van der Waals surface area contributed by atoms with Gasteiger partial charge in [0.1, 0.15) is 13.2 Å². The summed E-state index contributed by atoms with van der Waals surface area (Å²) in [5.74, 6) is -0.965.